The Morgan fingerprint density at radius 1 is 1.03 bits per heavy atom. The van der Waals surface area contributed by atoms with E-state index < -0.39 is 12.0 Å². The van der Waals surface area contributed by atoms with Crippen LogP contribution in [0.15, 0.2) is 24.3 Å². The van der Waals surface area contributed by atoms with Crippen LogP contribution in [0.3, 0.4) is 0 Å². The minimum absolute atomic E-state index is 0.0885. The largest absolute Gasteiger partial charge is 0.454 e. The first kappa shape index (κ1) is 21.8. The smallest absolute Gasteiger partial charge is 0.328 e. The van der Waals surface area contributed by atoms with Gasteiger partial charge in [-0.1, -0.05) is 17.7 Å². The highest BCUT2D eigenvalue weighted by Crippen LogP contribution is 2.61. The normalized spacial score (nSPS) is 30.4. The van der Waals surface area contributed by atoms with E-state index in [-0.39, 0.29) is 29.9 Å². The molecule has 2 N–H and O–H groups in total. The monoisotopic (exact) mass is 426 g/mol. The standard InChI is InChI=1S/C25H34N2O4/c1-15-5-4-6-21(7-15)23(29)26-16(2)24(30)31-14-22(28)27-17(3)25-11-18-8-19(12-25)10-20(9-18)13-25/h4-7,16-20H,8-14H2,1-3H3,(H,26,29)(H,27,28)/t16-,17-,18?,19?,20?,25?/m0/s1. The summed E-state index contributed by atoms with van der Waals surface area (Å²) in [6.45, 7) is 5.25. The molecule has 0 aromatic heterocycles. The second-order valence-corrected chi connectivity index (χ2v) is 10.2. The SMILES string of the molecule is Cc1cccc(C(=O)N[C@@H](C)C(=O)OCC(=O)N[C@@H](C)C23CC4CC(CC(C4)C2)C3)c1. The average Bonchev–Trinajstić information content (AvgIpc) is 2.70. The molecule has 0 unspecified atom stereocenters. The van der Waals surface area contributed by atoms with E-state index in [1.807, 2.05) is 13.0 Å². The highest BCUT2D eigenvalue weighted by atomic mass is 16.5. The van der Waals surface area contributed by atoms with Crippen molar-refractivity contribution in [2.24, 2.45) is 23.2 Å². The van der Waals surface area contributed by atoms with Crippen molar-refractivity contribution in [3.8, 4) is 0 Å². The van der Waals surface area contributed by atoms with Gasteiger partial charge in [0.2, 0.25) is 0 Å². The first-order valence-corrected chi connectivity index (χ1v) is 11.6. The molecule has 1 aromatic rings. The number of hydrogen-bond donors (Lipinski definition) is 2. The van der Waals surface area contributed by atoms with Crippen molar-refractivity contribution in [2.45, 2.75) is 71.4 Å². The van der Waals surface area contributed by atoms with E-state index in [9.17, 15) is 14.4 Å². The van der Waals surface area contributed by atoms with Crippen LogP contribution in [0.4, 0.5) is 0 Å². The first-order chi connectivity index (χ1) is 14.7. The summed E-state index contributed by atoms with van der Waals surface area (Å²) >= 11 is 0. The number of aryl methyl sites for hydroxylation is 1. The molecule has 4 aliphatic rings. The maximum absolute atomic E-state index is 12.5. The van der Waals surface area contributed by atoms with E-state index in [0.29, 0.717) is 5.56 Å². The van der Waals surface area contributed by atoms with Crippen LogP contribution in [0.25, 0.3) is 0 Å². The maximum Gasteiger partial charge on any atom is 0.328 e. The third-order valence-electron chi connectivity index (χ3n) is 7.71. The van der Waals surface area contributed by atoms with Crippen molar-refractivity contribution in [1.82, 2.24) is 10.6 Å². The molecule has 5 rings (SSSR count). The van der Waals surface area contributed by atoms with Gasteiger partial charge in [-0.05, 0) is 94.6 Å². The van der Waals surface area contributed by atoms with Crippen LogP contribution in [-0.4, -0.2) is 36.5 Å². The minimum Gasteiger partial charge on any atom is -0.454 e. The number of carbonyl (C=O) groups is 3. The lowest BCUT2D eigenvalue weighted by atomic mass is 9.48. The van der Waals surface area contributed by atoms with Gasteiger partial charge in [0.15, 0.2) is 6.61 Å². The molecule has 168 valence electrons. The van der Waals surface area contributed by atoms with Gasteiger partial charge in [0, 0.05) is 11.6 Å². The van der Waals surface area contributed by atoms with Crippen LogP contribution < -0.4 is 10.6 Å². The predicted octanol–water partition coefficient (Wildman–Crippen LogP) is 3.38. The minimum atomic E-state index is -0.832. The number of nitrogens with one attached hydrogen (secondary N) is 2. The number of benzene rings is 1. The maximum atomic E-state index is 12.5. The first-order valence-electron chi connectivity index (χ1n) is 11.6. The second kappa shape index (κ2) is 8.64. The van der Waals surface area contributed by atoms with E-state index in [4.69, 9.17) is 4.74 Å². The lowest BCUT2D eigenvalue weighted by Crippen LogP contribution is -2.56. The molecular weight excluding hydrogens is 392 g/mol. The van der Waals surface area contributed by atoms with Crippen LogP contribution >= 0.6 is 0 Å². The molecule has 4 saturated carbocycles. The summed E-state index contributed by atoms with van der Waals surface area (Å²) in [4.78, 5) is 37.1. The highest BCUT2D eigenvalue weighted by molar-refractivity contribution is 5.97. The number of amides is 2. The Labute approximate surface area is 184 Å². The number of rotatable bonds is 7. The Morgan fingerprint density at radius 2 is 1.65 bits per heavy atom. The van der Waals surface area contributed by atoms with Crippen LogP contribution in [0.1, 0.15) is 68.3 Å². The molecule has 2 amide bonds. The van der Waals surface area contributed by atoms with Gasteiger partial charge in [0.1, 0.15) is 6.04 Å². The molecule has 2 atom stereocenters. The van der Waals surface area contributed by atoms with Gasteiger partial charge in [-0.3, -0.25) is 9.59 Å². The Balaban J connectivity index is 1.24. The van der Waals surface area contributed by atoms with E-state index in [2.05, 4.69) is 17.6 Å². The summed E-state index contributed by atoms with van der Waals surface area (Å²) in [5, 5.41) is 5.73. The summed E-state index contributed by atoms with van der Waals surface area (Å²) in [5.41, 5.74) is 1.67. The summed E-state index contributed by atoms with van der Waals surface area (Å²) in [6.07, 6.45) is 7.73. The summed E-state index contributed by atoms with van der Waals surface area (Å²) in [5.74, 6) is 1.24. The summed E-state index contributed by atoms with van der Waals surface area (Å²) in [7, 11) is 0. The zero-order chi connectivity index (χ0) is 22.2. The quantitative estimate of drug-likeness (QED) is 0.655. The number of esters is 1. The molecule has 4 fully saturated rings. The summed E-state index contributed by atoms with van der Waals surface area (Å²) < 4.78 is 5.18. The van der Waals surface area contributed by atoms with Crippen molar-refractivity contribution in [2.75, 3.05) is 6.61 Å². The zero-order valence-electron chi connectivity index (χ0n) is 18.8. The molecule has 0 heterocycles. The molecule has 6 heteroatoms. The Hall–Kier alpha value is -2.37. The van der Waals surface area contributed by atoms with Gasteiger partial charge in [0.05, 0.1) is 0 Å². The fourth-order valence-electron chi connectivity index (χ4n) is 6.53. The average molecular weight is 427 g/mol. The Morgan fingerprint density at radius 3 is 2.23 bits per heavy atom. The Kier molecular flexibility index (Phi) is 6.09. The van der Waals surface area contributed by atoms with E-state index in [0.717, 1.165) is 23.3 Å². The van der Waals surface area contributed by atoms with E-state index >= 15 is 0 Å². The molecule has 0 spiro atoms. The number of hydrogen-bond acceptors (Lipinski definition) is 4. The fourth-order valence-corrected chi connectivity index (χ4v) is 6.53. The van der Waals surface area contributed by atoms with Crippen LogP contribution in [0.5, 0.6) is 0 Å². The van der Waals surface area contributed by atoms with Crippen molar-refractivity contribution < 1.29 is 19.1 Å². The van der Waals surface area contributed by atoms with Gasteiger partial charge in [0.25, 0.3) is 11.8 Å². The Bertz CT molecular complexity index is 830. The van der Waals surface area contributed by atoms with E-state index in [1.54, 1.807) is 25.1 Å². The highest BCUT2D eigenvalue weighted by Gasteiger charge is 2.53. The van der Waals surface area contributed by atoms with Gasteiger partial charge in [-0.2, -0.15) is 0 Å². The molecule has 1 aromatic carbocycles. The topological polar surface area (TPSA) is 84.5 Å². The van der Waals surface area contributed by atoms with Crippen molar-refractivity contribution >= 4 is 17.8 Å². The second-order valence-electron chi connectivity index (χ2n) is 10.2. The lowest BCUT2D eigenvalue weighted by molar-refractivity contribution is -0.150. The number of ether oxygens (including phenoxy) is 1. The van der Waals surface area contributed by atoms with Crippen molar-refractivity contribution in [1.29, 1.82) is 0 Å². The van der Waals surface area contributed by atoms with Crippen LogP contribution in [0, 0.1) is 30.1 Å². The van der Waals surface area contributed by atoms with Crippen molar-refractivity contribution in [3.63, 3.8) is 0 Å². The molecule has 31 heavy (non-hydrogen) atoms. The third kappa shape index (κ3) is 4.78. The van der Waals surface area contributed by atoms with Gasteiger partial charge in [-0.25, -0.2) is 4.79 Å². The van der Waals surface area contributed by atoms with Crippen molar-refractivity contribution in [3.05, 3.63) is 35.4 Å². The van der Waals surface area contributed by atoms with Gasteiger partial charge < -0.3 is 15.4 Å². The molecule has 0 saturated heterocycles. The molecular formula is C25H34N2O4. The lowest BCUT2D eigenvalue weighted by Gasteiger charge is -2.59. The number of carbonyl (C=O) groups excluding carboxylic acids is 3. The fraction of sp³-hybridized carbons (Fsp3) is 0.640. The molecule has 0 aliphatic heterocycles. The molecule has 0 radical (unpaired) electrons. The van der Waals surface area contributed by atoms with Crippen LogP contribution in [0.2, 0.25) is 0 Å². The van der Waals surface area contributed by atoms with Gasteiger partial charge >= 0.3 is 5.97 Å². The molecule has 4 bridgehead atoms. The van der Waals surface area contributed by atoms with E-state index in [1.165, 1.54) is 38.5 Å². The molecule has 4 aliphatic carbocycles. The third-order valence-corrected chi connectivity index (χ3v) is 7.71. The molecule has 6 nitrogen and oxygen atoms in total. The summed E-state index contributed by atoms with van der Waals surface area (Å²) in [6, 6.07) is 6.40. The van der Waals surface area contributed by atoms with Gasteiger partial charge in [-0.15, -0.1) is 0 Å². The zero-order valence-corrected chi connectivity index (χ0v) is 18.8. The van der Waals surface area contributed by atoms with Crippen LogP contribution in [-0.2, 0) is 14.3 Å². The predicted molar refractivity (Wildman–Crippen MR) is 117 cm³/mol.